The Kier molecular flexibility index (Phi) is 7.94. The maximum absolute atomic E-state index is 12.9. The van der Waals surface area contributed by atoms with Crippen molar-refractivity contribution in [2.45, 2.75) is 43.7 Å². The highest BCUT2D eigenvalue weighted by Crippen LogP contribution is 2.21. The number of benzene rings is 2. The lowest BCUT2D eigenvalue weighted by molar-refractivity contribution is 0.102. The van der Waals surface area contributed by atoms with Crippen molar-refractivity contribution in [2.24, 2.45) is 0 Å². The van der Waals surface area contributed by atoms with Crippen LogP contribution < -0.4 is 10.0 Å². The van der Waals surface area contributed by atoms with Crippen molar-refractivity contribution in [1.82, 2.24) is 14.3 Å². The molecule has 2 aromatic carbocycles. The summed E-state index contributed by atoms with van der Waals surface area (Å²) in [5, 5.41) is 2.87. The van der Waals surface area contributed by atoms with E-state index in [1.807, 2.05) is 35.8 Å². The van der Waals surface area contributed by atoms with Crippen LogP contribution in [-0.4, -0.2) is 56.3 Å². The Morgan fingerprint density at radius 1 is 1.21 bits per heavy atom. The number of rotatable bonds is 11. The fraction of sp³-hybridized carbons (Fsp3) is 0.417. The maximum Gasteiger partial charge on any atom is 0.257 e. The highest BCUT2D eigenvalue weighted by atomic mass is 32.2. The van der Waals surface area contributed by atoms with Gasteiger partial charge in [0.05, 0.1) is 22.0 Å². The predicted molar refractivity (Wildman–Crippen MR) is 129 cm³/mol. The molecule has 34 heavy (non-hydrogen) atoms. The molecule has 2 N–H and O–H groups in total. The topological polar surface area (TPSA) is 112 Å². The summed E-state index contributed by atoms with van der Waals surface area (Å²) in [5.74, 6) is 0.0789. The molecule has 1 aliphatic rings. The van der Waals surface area contributed by atoms with Crippen LogP contribution >= 0.6 is 0 Å². The molecule has 1 atom stereocenters. The van der Waals surface area contributed by atoms with E-state index in [1.165, 1.54) is 24.3 Å². The van der Waals surface area contributed by atoms with E-state index in [-0.39, 0.29) is 23.5 Å². The molecular formula is C24H30N4O5S. The summed E-state index contributed by atoms with van der Waals surface area (Å²) in [5.41, 5.74) is 2.05. The van der Waals surface area contributed by atoms with E-state index in [4.69, 9.17) is 9.47 Å². The van der Waals surface area contributed by atoms with Gasteiger partial charge in [0.2, 0.25) is 16.0 Å². The van der Waals surface area contributed by atoms with Crippen molar-refractivity contribution in [1.29, 1.82) is 0 Å². The van der Waals surface area contributed by atoms with E-state index in [0.29, 0.717) is 37.9 Å². The average Bonchev–Trinajstić information content (AvgIpc) is 3.49. The number of fused-ring (bicyclic) bond motifs is 1. The summed E-state index contributed by atoms with van der Waals surface area (Å²) in [6, 6.07) is 13.5. The Bertz CT molecular complexity index is 1220. The molecule has 1 unspecified atom stereocenters. The minimum atomic E-state index is -3.68. The monoisotopic (exact) mass is 486 g/mol. The third-order valence-electron chi connectivity index (χ3n) is 5.71. The Labute approximate surface area is 199 Å². The fourth-order valence-electron chi connectivity index (χ4n) is 3.92. The molecule has 1 fully saturated rings. The van der Waals surface area contributed by atoms with Crippen LogP contribution in [-0.2, 0) is 26.0 Å². The quantitative estimate of drug-likeness (QED) is 0.403. The van der Waals surface area contributed by atoms with Crippen LogP contribution in [0.15, 0.2) is 53.4 Å². The molecule has 182 valence electrons. The van der Waals surface area contributed by atoms with Gasteiger partial charge in [0.25, 0.3) is 5.91 Å². The number of sulfonamides is 1. The van der Waals surface area contributed by atoms with Crippen molar-refractivity contribution in [2.75, 3.05) is 31.7 Å². The van der Waals surface area contributed by atoms with Crippen LogP contribution in [0.3, 0.4) is 0 Å². The van der Waals surface area contributed by atoms with Crippen LogP contribution in [0, 0.1) is 0 Å². The Morgan fingerprint density at radius 2 is 2.00 bits per heavy atom. The normalized spacial score (nSPS) is 16.2. The largest absolute Gasteiger partial charge is 0.382 e. The number of nitrogens with zero attached hydrogens (tertiary/aromatic N) is 2. The summed E-state index contributed by atoms with van der Waals surface area (Å²) in [7, 11) is -3.68. The molecular weight excluding hydrogens is 456 g/mol. The first kappa shape index (κ1) is 24.3. The first-order chi connectivity index (χ1) is 16.5. The lowest BCUT2D eigenvalue weighted by Gasteiger charge is -2.12. The van der Waals surface area contributed by atoms with E-state index in [1.54, 1.807) is 0 Å². The number of nitrogens with one attached hydrogen (secondary N) is 2. The Balaban J connectivity index is 1.45. The maximum atomic E-state index is 12.9. The van der Waals surface area contributed by atoms with Crippen LogP contribution in [0.5, 0.6) is 0 Å². The number of imidazole rings is 1. The number of anilines is 1. The lowest BCUT2D eigenvalue weighted by atomic mass is 10.2. The first-order valence-electron chi connectivity index (χ1n) is 11.5. The van der Waals surface area contributed by atoms with Gasteiger partial charge in [-0.1, -0.05) is 12.1 Å². The molecule has 0 saturated carbocycles. The van der Waals surface area contributed by atoms with Crippen LogP contribution in [0.1, 0.15) is 36.5 Å². The number of aryl methyl sites for hydroxylation is 1. The van der Waals surface area contributed by atoms with Crippen molar-refractivity contribution < 1.29 is 22.7 Å². The van der Waals surface area contributed by atoms with E-state index in [2.05, 4.69) is 15.0 Å². The SMILES string of the molecule is CCOCCCn1c(NC(=O)c2ccc(S(=O)(=O)NCC3CCCO3)cc2)nc2ccccc21. The Morgan fingerprint density at radius 3 is 2.74 bits per heavy atom. The number of hydrogen-bond donors (Lipinski definition) is 2. The van der Waals surface area contributed by atoms with Gasteiger partial charge in [0.15, 0.2) is 0 Å². The lowest BCUT2D eigenvalue weighted by Crippen LogP contribution is -2.31. The van der Waals surface area contributed by atoms with Gasteiger partial charge in [-0.2, -0.15) is 0 Å². The molecule has 0 aliphatic carbocycles. The van der Waals surface area contributed by atoms with E-state index >= 15 is 0 Å². The van der Waals surface area contributed by atoms with Gasteiger partial charge in [0.1, 0.15) is 0 Å². The predicted octanol–water partition coefficient (Wildman–Crippen LogP) is 3.17. The van der Waals surface area contributed by atoms with Gasteiger partial charge >= 0.3 is 0 Å². The Hall–Kier alpha value is -2.79. The molecule has 3 aromatic rings. The molecule has 9 nitrogen and oxygen atoms in total. The number of hydrogen-bond acceptors (Lipinski definition) is 6. The summed E-state index contributed by atoms with van der Waals surface area (Å²) in [4.78, 5) is 17.6. The second-order valence-electron chi connectivity index (χ2n) is 8.09. The van der Waals surface area contributed by atoms with Gasteiger partial charge < -0.3 is 14.0 Å². The second kappa shape index (κ2) is 11.1. The van der Waals surface area contributed by atoms with Crippen molar-refractivity contribution in [3.05, 3.63) is 54.1 Å². The second-order valence-corrected chi connectivity index (χ2v) is 9.86. The summed E-state index contributed by atoms with van der Waals surface area (Å²) >= 11 is 0. The molecule has 1 aliphatic heterocycles. The van der Waals surface area contributed by atoms with E-state index in [9.17, 15) is 13.2 Å². The zero-order valence-corrected chi connectivity index (χ0v) is 20.0. The molecule has 0 radical (unpaired) electrons. The van der Waals surface area contributed by atoms with Crippen LogP contribution in [0.2, 0.25) is 0 Å². The zero-order valence-electron chi connectivity index (χ0n) is 19.2. The molecule has 1 aromatic heterocycles. The number of aromatic nitrogens is 2. The van der Waals surface area contributed by atoms with Crippen molar-refractivity contribution in [3.63, 3.8) is 0 Å². The summed E-state index contributed by atoms with van der Waals surface area (Å²) in [6.07, 6.45) is 2.48. The van der Waals surface area contributed by atoms with Gasteiger partial charge in [-0.15, -0.1) is 0 Å². The zero-order chi connectivity index (χ0) is 24.0. The molecule has 0 bridgehead atoms. The number of para-hydroxylation sites is 2. The van der Waals surface area contributed by atoms with E-state index < -0.39 is 10.0 Å². The van der Waals surface area contributed by atoms with Gasteiger partial charge in [-0.05, 0) is 62.6 Å². The first-order valence-corrected chi connectivity index (χ1v) is 13.0. The minimum absolute atomic E-state index is 0.0902. The van der Waals surface area contributed by atoms with E-state index in [0.717, 1.165) is 30.3 Å². The smallest absolute Gasteiger partial charge is 0.257 e. The minimum Gasteiger partial charge on any atom is -0.382 e. The fourth-order valence-corrected chi connectivity index (χ4v) is 4.98. The molecule has 1 amide bonds. The molecule has 0 spiro atoms. The number of carbonyl (C=O) groups excluding carboxylic acids is 1. The number of amides is 1. The highest BCUT2D eigenvalue weighted by molar-refractivity contribution is 7.89. The number of ether oxygens (including phenoxy) is 2. The average molecular weight is 487 g/mol. The van der Waals surface area contributed by atoms with Gasteiger partial charge in [0, 0.05) is 38.5 Å². The van der Waals surface area contributed by atoms with Gasteiger partial charge in [-0.25, -0.2) is 18.1 Å². The molecule has 10 heteroatoms. The summed E-state index contributed by atoms with van der Waals surface area (Å²) in [6.45, 7) is 4.77. The molecule has 2 heterocycles. The third kappa shape index (κ3) is 5.82. The highest BCUT2D eigenvalue weighted by Gasteiger charge is 2.21. The van der Waals surface area contributed by atoms with Crippen molar-refractivity contribution >= 4 is 32.9 Å². The summed E-state index contributed by atoms with van der Waals surface area (Å²) < 4.78 is 40.6. The standard InChI is InChI=1S/C24H30N4O5S/c1-2-32-15-6-14-28-22-9-4-3-8-21(22)26-24(28)27-23(29)18-10-12-20(13-11-18)34(30,31)25-17-19-7-5-16-33-19/h3-4,8-13,19,25H,2,5-7,14-17H2,1H3,(H,26,27,29). The van der Waals surface area contributed by atoms with Crippen LogP contribution in [0.4, 0.5) is 5.95 Å². The van der Waals surface area contributed by atoms with Crippen molar-refractivity contribution in [3.8, 4) is 0 Å². The molecule has 1 saturated heterocycles. The molecule has 4 rings (SSSR count). The van der Waals surface area contributed by atoms with Crippen LogP contribution in [0.25, 0.3) is 11.0 Å². The third-order valence-corrected chi connectivity index (χ3v) is 7.15. The number of carbonyl (C=O) groups is 1. The van der Waals surface area contributed by atoms with Gasteiger partial charge in [-0.3, -0.25) is 10.1 Å².